The third-order valence-corrected chi connectivity index (χ3v) is 3.80. The summed E-state index contributed by atoms with van der Waals surface area (Å²) in [6.45, 7) is 5.77. The zero-order chi connectivity index (χ0) is 14.5. The SMILES string of the molecule is CC[C@@H](C(=O)N(CC)Cc1ccoc1)N1CCCC1=O. The quantitative estimate of drug-likeness (QED) is 0.800. The fourth-order valence-corrected chi connectivity index (χ4v) is 2.69. The molecule has 2 heterocycles. The van der Waals surface area contributed by atoms with E-state index >= 15 is 0 Å². The Labute approximate surface area is 119 Å². The predicted octanol–water partition coefficient (Wildman–Crippen LogP) is 2.03. The summed E-state index contributed by atoms with van der Waals surface area (Å²) in [7, 11) is 0. The third-order valence-electron chi connectivity index (χ3n) is 3.80. The van der Waals surface area contributed by atoms with Gasteiger partial charge >= 0.3 is 0 Å². The molecule has 1 aliphatic rings. The second-order valence-corrected chi connectivity index (χ2v) is 5.10. The van der Waals surface area contributed by atoms with Crippen LogP contribution in [-0.4, -0.2) is 40.7 Å². The molecule has 0 radical (unpaired) electrons. The molecule has 1 aromatic heterocycles. The van der Waals surface area contributed by atoms with Crippen LogP contribution in [0.1, 0.15) is 38.7 Å². The van der Waals surface area contributed by atoms with Crippen molar-refractivity contribution >= 4 is 11.8 Å². The van der Waals surface area contributed by atoms with E-state index in [-0.39, 0.29) is 17.9 Å². The second-order valence-electron chi connectivity index (χ2n) is 5.10. The van der Waals surface area contributed by atoms with E-state index < -0.39 is 0 Å². The van der Waals surface area contributed by atoms with E-state index in [4.69, 9.17) is 4.42 Å². The Morgan fingerprint density at radius 2 is 2.30 bits per heavy atom. The number of likely N-dealkylation sites (N-methyl/N-ethyl adjacent to an activating group) is 1. The van der Waals surface area contributed by atoms with Crippen LogP contribution in [0, 0.1) is 0 Å². The van der Waals surface area contributed by atoms with Gasteiger partial charge in [0.15, 0.2) is 0 Å². The standard InChI is InChI=1S/C15H22N2O3/c1-3-13(17-8-5-6-14(17)18)15(19)16(4-2)10-12-7-9-20-11-12/h7,9,11,13H,3-6,8,10H2,1-2H3/t13-/m0/s1. The molecule has 110 valence electrons. The van der Waals surface area contributed by atoms with Crippen LogP contribution in [-0.2, 0) is 16.1 Å². The molecule has 0 bridgehead atoms. The molecule has 5 nitrogen and oxygen atoms in total. The Kier molecular flexibility index (Phi) is 4.82. The lowest BCUT2D eigenvalue weighted by molar-refractivity contribution is -0.144. The molecule has 0 unspecified atom stereocenters. The van der Waals surface area contributed by atoms with Crippen molar-refractivity contribution in [1.29, 1.82) is 0 Å². The van der Waals surface area contributed by atoms with Crippen molar-refractivity contribution in [1.82, 2.24) is 9.80 Å². The van der Waals surface area contributed by atoms with E-state index in [1.165, 1.54) is 0 Å². The predicted molar refractivity (Wildman–Crippen MR) is 74.8 cm³/mol. The molecule has 2 amide bonds. The van der Waals surface area contributed by atoms with Crippen molar-refractivity contribution in [3.8, 4) is 0 Å². The maximum atomic E-state index is 12.7. The van der Waals surface area contributed by atoms with Crippen molar-refractivity contribution < 1.29 is 14.0 Å². The molecule has 0 saturated carbocycles. The Bertz CT molecular complexity index is 456. The summed E-state index contributed by atoms with van der Waals surface area (Å²) >= 11 is 0. The van der Waals surface area contributed by atoms with Gasteiger partial charge in [-0.25, -0.2) is 0 Å². The Morgan fingerprint density at radius 3 is 2.80 bits per heavy atom. The monoisotopic (exact) mass is 278 g/mol. The van der Waals surface area contributed by atoms with Crippen LogP contribution < -0.4 is 0 Å². The number of rotatable bonds is 6. The number of likely N-dealkylation sites (tertiary alicyclic amines) is 1. The fourth-order valence-electron chi connectivity index (χ4n) is 2.69. The highest BCUT2D eigenvalue weighted by molar-refractivity contribution is 5.88. The maximum absolute atomic E-state index is 12.7. The summed E-state index contributed by atoms with van der Waals surface area (Å²) in [4.78, 5) is 28.0. The molecule has 0 spiro atoms. The van der Waals surface area contributed by atoms with Gasteiger partial charge < -0.3 is 14.2 Å². The highest BCUT2D eigenvalue weighted by atomic mass is 16.3. The molecule has 0 N–H and O–H groups in total. The lowest BCUT2D eigenvalue weighted by Gasteiger charge is -2.31. The first kappa shape index (κ1) is 14.6. The van der Waals surface area contributed by atoms with E-state index in [9.17, 15) is 9.59 Å². The first-order valence-electron chi connectivity index (χ1n) is 7.26. The van der Waals surface area contributed by atoms with E-state index in [1.807, 2.05) is 19.9 Å². The van der Waals surface area contributed by atoms with Gasteiger partial charge in [0.2, 0.25) is 11.8 Å². The maximum Gasteiger partial charge on any atom is 0.245 e. The van der Waals surface area contributed by atoms with Crippen molar-refractivity contribution in [3.63, 3.8) is 0 Å². The Hall–Kier alpha value is -1.78. The van der Waals surface area contributed by atoms with E-state index in [0.717, 1.165) is 12.0 Å². The zero-order valence-corrected chi connectivity index (χ0v) is 12.2. The topological polar surface area (TPSA) is 53.8 Å². The molecule has 1 aromatic rings. The molecule has 1 atom stereocenters. The minimum atomic E-state index is -0.322. The van der Waals surface area contributed by atoms with Crippen LogP contribution in [0.25, 0.3) is 0 Å². The molecule has 2 rings (SSSR count). The van der Waals surface area contributed by atoms with Crippen LogP contribution >= 0.6 is 0 Å². The van der Waals surface area contributed by atoms with Gasteiger partial charge in [-0.05, 0) is 25.8 Å². The highest BCUT2D eigenvalue weighted by Gasteiger charge is 2.33. The molecular formula is C15H22N2O3. The molecule has 0 aliphatic carbocycles. The fraction of sp³-hybridized carbons (Fsp3) is 0.600. The summed E-state index contributed by atoms with van der Waals surface area (Å²) < 4.78 is 5.04. The number of amides is 2. The Balaban J connectivity index is 2.07. The zero-order valence-electron chi connectivity index (χ0n) is 12.2. The lowest BCUT2D eigenvalue weighted by atomic mass is 10.1. The van der Waals surface area contributed by atoms with Crippen LogP contribution in [0.4, 0.5) is 0 Å². The lowest BCUT2D eigenvalue weighted by Crippen LogP contribution is -2.48. The summed E-state index contributed by atoms with van der Waals surface area (Å²) in [6, 6.07) is 1.54. The highest BCUT2D eigenvalue weighted by Crippen LogP contribution is 2.18. The molecule has 1 saturated heterocycles. The van der Waals surface area contributed by atoms with Gasteiger partial charge in [-0.3, -0.25) is 9.59 Å². The van der Waals surface area contributed by atoms with Gasteiger partial charge in [0, 0.05) is 31.6 Å². The van der Waals surface area contributed by atoms with Crippen molar-refractivity contribution in [2.45, 2.75) is 45.7 Å². The summed E-state index contributed by atoms with van der Waals surface area (Å²) in [6.07, 6.45) is 5.34. The van der Waals surface area contributed by atoms with Crippen LogP contribution in [0.3, 0.4) is 0 Å². The summed E-state index contributed by atoms with van der Waals surface area (Å²) in [5.74, 6) is 0.135. The number of carbonyl (C=O) groups is 2. The van der Waals surface area contributed by atoms with Gasteiger partial charge in [-0.1, -0.05) is 6.92 Å². The number of carbonyl (C=O) groups excluding carboxylic acids is 2. The normalized spacial score (nSPS) is 16.5. The number of furan rings is 1. The molecule has 0 aromatic carbocycles. The van der Waals surface area contributed by atoms with Crippen LogP contribution in [0.5, 0.6) is 0 Å². The third kappa shape index (κ3) is 3.03. The molecule has 1 aliphatic heterocycles. The van der Waals surface area contributed by atoms with Gasteiger partial charge in [0.05, 0.1) is 12.5 Å². The number of hydrogen-bond acceptors (Lipinski definition) is 3. The summed E-state index contributed by atoms with van der Waals surface area (Å²) in [5.41, 5.74) is 0.975. The number of hydrogen-bond donors (Lipinski definition) is 0. The second kappa shape index (κ2) is 6.59. The van der Waals surface area contributed by atoms with Crippen molar-refractivity contribution in [2.75, 3.05) is 13.1 Å². The smallest absolute Gasteiger partial charge is 0.245 e. The van der Waals surface area contributed by atoms with Gasteiger partial charge in [0.25, 0.3) is 0 Å². The van der Waals surface area contributed by atoms with Crippen LogP contribution in [0.2, 0.25) is 0 Å². The average molecular weight is 278 g/mol. The largest absolute Gasteiger partial charge is 0.472 e. The van der Waals surface area contributed by atoms with E-state index in [2.05, 4.69) is 0 Å². The van der Waals surface area contributed by atoms with Crippen molar-refractivity contribution in [3.05, 3.63) is 24.2 Å². The van der Waals surface area contributed by atoms with E-state index in [0.29, 0.717) is 32.5 Å². The molecular weight excluding hydrogens is 256 g/mol. The Morgan fingerprint density at radius 1 is 1.50 bits per heavy atom. The average Bonchev–Trinajstić information content (AvgIpc) is 3.09. The summed E-state index contributed by atoms with van der Waals surface area (Å²) in [5, 5.41) is 0. The molecule has 1 fully saturated rings. The first-order valence-corrected chi connectivity index (χ1v) is 7.26. The molecule has 5 heteroatoms. The minimum Gasteiger partial charge on any atom is -0.472 e. The first-order chi connectivity index (χ1) is 9.67. The minimum absolute atomic E-state index is 0.0338. The van der Waals surface area contributed by atoms with Crippen LogP contribution in [0.15, 0.2) is 23.0 Å². The van der Waals surface area contributed by atoms with E-state index in [1.54, 1.807) is 22.3 Å². The van der Waals surface area contributed by atoms with Crippen molar-refractivity contribution in [2.24, 2.45) is 0 Å². The van der Waals surface area contributed by atoms with Gasteiger partial charge in [-0.15, -0.1) is 0 Å². The van der Waals surface area contributed by atoms with Gasteiger partial charge in [0.1, 0.15) is 6.04 Å². The molecule has 20 heavy (non-hydrogen) atoms. The number of nitrogens with zero attached hydrogens (tertiary/aromatic N) is 2. The van der Waals surface area contributed by atoms with Gasteiger partial charge in [-0.2, -0.15) is 0 Å².